The van der Waals surface area contributed by atoms with Gasteiger partial charge in [-0.2, -0.15) is 0 Å². The summed E-state index contributed by atoms with van der Waals surface area (Å²) in [6.45, 7) is 2.98. The lowest BCUT2D eigenvalue weighted by Gasteiger charge is -2.06. The third kappa shape index (κ3) is 2.44. The molecule has 2 aromatic carbocycles. The second-order valence-corrected chi connectivity index (χ2v) is 6.75. The number of hydrogen-bond acceptors (Lipinski definition) is 4. The van der Waals surface area contributed by atoms with Crippen molar-refractivity contribution in [1.82, 2.24) is 24.5 Å². The minimum absolute atomic E-state index is 0.660. The molecule has 0 bridgehead atoms. The zero-order valence-electron chi connectivity index (χ0n) is 15.1. The number of anilines is 1. The van der Waals surface area contributed by atoms with E-state index in [9.17, 15) is 0 Å². The van der Waals surface area contributed by atoms with Gasteiger partial charge < -0.3 is 15.3 Å². The minimum Gasteiger partial charge on any atom is -0.384 e. The Morgan fingerprint density at radius 3 is 2.37 bits per heavy atom. The lowest BCUT2D eigenvalue weighted by molar-refractivity contribution is 0.653. The zero-order chi connectivity index (χ0) is 18.4. The van der Waals surface area contributed by atoms with E-state index in [1.807, 2.05) is 48.5 Å². The first-order valence-corrected chi connectivity index (χ1v) is 9.26. The van der Waals surface area contributed by atoms with Crippen molar-refractivity contribution in [2.24, 2.45) is 0 Å². The Kier molecular flexibility index (Phi) is 3.57. The van der Waals surface area contributed by atoms with Crippen molar-refractivity contribution in [3.63, 3.8) is 0 Å². The summed E-state index contributed by atoms with van der Waals surface area (Å²) in [5.41, 5.74) is 12.7. The molecule has 6 heteroatoms. The quantitative estimate of drug-likeness (QED) is 0.496. The number of nitrogens with zero attached hydrogens (tertiary/aromatic N) is 4. The standard InChI is InChI=1S/C21H20N6/c1-2-3-12-27-19(22)17(20-24-14-9-5-6-10-15(14)25-20)18-21(27)26-16-11-7-4-8-13(16)23-18/h4-11H,2-3,12,22H2,1H3,(H,24,25). The SMILES string of the molecule is CCCCn1c(N)c(-c2nc3ccccc3[nH]2)c2nc3ccccc3nc21. The molecule has 3 heterocycles. The van der Waals surface area contributed by atoms with Gasteiger partial charge in [0.25, 0.3) is 0 Å². The molecule has 0 fully saturated rings. The third-order valence-corrected chi connectivity index (χ3v) is 4.95. The van der Waals surface area contributed by atoms with E-state index in [2.05, 4.69) is 16.5 Å². The first kappa shape index (κ1) is 15.8. The van der Waals surface area contributed by atoms with E-state index in [0.717, 1.165) is 64.0 Å². The fraction of sp³-hybridized carbons (Fsp3) is 0.190. The molecule has 5 rings (SSSR count). The number of imidazole rings is 1. The number of para-hydroxylation sites is 4. The maximum atomic E-state index is 6.60. The first-order chi connectivity index (χ1) is 13.3. The molecule has 3 aromatic heterocycles. The van der Waals surface area contributed by atoms with Gasteiger partial charge in [-0.05, 0) is 30.7 Å². The van der Waals surface area contributed by atoms with Crippen molar-refractivity contribution in [2.75, 3.05) is 5.73 Å². The van der Waals surface area contributed by atoms with Crippen molar-refractivity contribution < 1.29 is 0 Å². The van der Waals surface area contributed by atoms with Crippen molar-refractivity contribution >= 4 is 39.0 Å². The number of nitrogens with two attached hydrogens (primary N) is 1. The molecular formula is C21H20N6. The summed E-state index contributed by atoms with van der Waals surface area (Å²) >= 11 is 0. The smallest absolute Gasteiger partial charge is 0.161 e. The number of rotatable bonds is 4. The van der Waals surface area contributed by atoms with Gasteiger partial charge in [0.05, 0.1) is 27.6 Å². The number of nitrogens with one attached hydrogen (secondary N) is 1. The highest BCUT2D eigenvalue weighted by Gasteiger charge is 2.22. The second kappa shape index (κ2) is 6.09. The van der Waals surface area contributed by atoms with Gasteiger partial charge in [-0.3, -0.25) is 0 Å². The molecule has 0 aliphatic rings. The van der Waals surface area contributed by atoms with Crippen LogP contribution >= 0.6 is 0 Å². The lowest BCUT2D eigenvalue weighted by atomic mass is 10.2. The zero-order valence-corrected chi connectivity index (χ0v) is 15.1. The van der Waals surface area contributed by atoms with Crippen LogP contribution in [0.3, 0.4) is 0 Å². The van der Waals surface area contributed by atoms with E-state index in [1.54, 1.807) is 0 Å². The van der Waals surface area contributed by atoms with Gasteiger partial charge in [0.15, 0.2) is 5.65 Å². The summed E-state index contributed by atoms with van der Waals surface area (Å²) in [5.74, 6) is 1.39. The number of aromatic amines is 1. The normalized spacial score (nSPS) is 11.7. The van der Waals surface area contributed by atoms with Gasteiger partial charge >= 0.3 is 0 Å². The number of aromatic nitrogens is 5. The maximum absolute atomic E-state index is 6.60. The molecule has 0 aliphatic heterocycles. The Labute approximate surface area is 156 Å². The van der Waals surface area contributed by atoms with Gasteiger partial charge in [0, 0.05) is 6.54 Å². The van der Waals surface area contributed by atoms with Crippen LogP contribution in [0.4, 0.5) is 5.82 Å². The summed E-state index contributed by atoms with van der Waals surface area (Å²) in [5, 5.41) is 0. The Balaban J connectivity index is 1.84. The Bertz CT molecular complexity index is 1250. The van der Waals surface area contributed by atoms with Crippen LogP contribution in [-0.4, -0.2) is 24.5 Å². The van der Waals surface area contributed by atoms with Gasteiger partial charge in [0.1, 0.15) is 17.2 Å². The number of unbranched alkanes of at least 4 members (excludes halogenated alkanes) is 1. The van der Waals surface area contributed by atoms with Crippen LogP contribution in [0.1, 0.15) is 19.8 Å². The molecule has 0 saturated heterocycles. The predicted octanol–water partition coefficient (Wildman–Crippen LogP) is 4.51. The molecule has 0 saturated carbocycles. The second-order valence-electron chi connectivity index (χ2n) is 6.75. The van der Waals surface area contributed by atoms with Gasteiger partial charge in [-0.1, -0.05) is 37.6 Å². The fourth-order valence-electron chi connectivity index (χ4n) is 3.56. The topological polar surface area (TPSA) is 85.4 Å². The van der Waals surface area contributed by atoms with Crippen LogP contribution in [-0.2, 0) is 6.54 Å². The van der Waals surface area contributed by atoms with E-state index in [0.29, 0.717) is 5.82 Å². The van der Waals surface area contributed by atoms with E-state index in [1.165, 1.54) is 0 Å². The molecule has 134 valence electrons. The lowest BCUT2D eigenvalue weighted by Crippen LogP contribution is -2.04. The molecule has 0 radical (unpaired) electrons. The van der Waals surface area contributed by atoms with Crippen molar-refractivity contribution in [1.29, 1.82) is 0 Å². The molecule has 0 spiro atoms. The number of fused-ring (bicyclic) bond motifs is 3. The van der Waals surface area contributed by atoms with Crippen LogP contribution in [0.2, 0.25) is 0 Å². The summed E-state index contributed by atoms with van der Waals surface area (Å²) in [4.78, 5) is 17.9. The van der Waals surface area contributed by atoms with Crippen LogP contribution < -0.4 is 5.73 Å². The molecule has 5 aromatic rings. The number of aryl methyl sites for hydroxylation is 1. The molecule has 0 amide bonds. The van der Waals surface area contributed by atoms with Crippen molar-refractivity contribution in [2.45, 2.75) is 26.3 Å². The largest absolute Gasteiger partial charge is 0.384 e. The molecule has 0 aliphatic carbocycles. The summed E-state index contributed by atoms with van der Waals surface area (Å²) < 4.78 is 2.07. The predicted molar refractivity (Wildman–Crippen MR) is 109 cm³/mol. The number of H-pyrrole nitrogens is 1. The average Bonchev–Trinajstić information content (AvgIpc) is 3.22. The molecule has 27 heavy (non-hydrogen) atoms. The van der Waals surface area contributed by atoms with Gasteiger partial charge in [-0.15, -0.1) is 0 Å². The highest BCUT2D eigenvalue weighted by molar-refractivity contribution is 6.01. The number of hydrogen-bond donors (Lipinski definition) is 2. The minimum atomic E-state index is 0.660. The summed E-state index contributed by atoms with van der Waals surface area (Å²) in [6.07, 6.45) is 2.11. The van der Waals surface area contributed by atoms with Crippen molar-refractivity contribution in [3.05, 3.63) is 48.5 Å². The first-order valence-electron chi connectivity index (χ1n) is 9.26. The fourth-order valence-corrected chi connectivity index (χ4v) is 3.56. The van der Waals surface area contributed by atoms with Gasteiger partial charge in [0.2, 0.25) is 0 Å². The Morgan fingerprint density at radius 1 is 0.926 bits per heavy atom. The third-order valence-electron chi connectivity index (χ3n) is 4.95. The summed E-state index contributed by atoms with van der Waals surface area (Å²) in [7, 11) is 0. The number of benzene rings is 2. The van der Waals surface area contributed by atoms with Crippen LogP contribution in [0.15, 0.2) is 48.5 Å². The van der Waals surface area contributed by atoms with Crippen LogP contribution in [0.25, 0.3) is 44.6 Å². The molecule has 3 N–H and O–H groups in total. The number of nitrogen functional groups attached to an aromatic ring is 1. The van der Waals surface area contributed by atoms with Crippen LogP contribution in [0.5, 0.6) is 0 Å². The Morgan fingerprint density at radius 2 is 1.63 bits per heavy atom. The summed E-state index contributed by atoms with van der Waals surface area (Å²) in [6, 6.07) is 15.9. The van der Waals surface area contributed by atoms with E-state index in [-0.39, 0.29) is 0 Å². The maximum Gasteiger partial charge on any atom is 0.161 e. The van der Waals surface area contributed by atoms with Crippen molar-refractivity contribution in [3.8, 4) is 11.4 Å². The molecular weight excluding hydrogens is 336 g/mol. The molecule has 6 nitrogen and oxygen atoms in total. The van der Waals surface area contributed by atoms with Crippen LogP contribution in [0, 0.1) is 0 Å². The highest BCUT2D eigenvalue weighted by atomic mass is 15.1. The van der Waals surface area contributed by atoms with Gasteiger partial charge in [-0.25, -0.2) is 15.0 Å². The molecule has 0 unspecified atom stereocenters. The van der Waals surface area contributed by atoms with E-state index >= 15 is 0 Å². The molecule has 0 atom stereocenters. The van der Waals surface area contributed by atoms with E-state index in [4.69, 9.17) is 20.7 Å². The van der Waals surface area contributed by atoms with E-state index < -0.39 is 0 Å². The monoisotopic (exact) mass is 356 g/mol. The Hall–Kier alpha value is -3.41. The highest BCUT2D eigenvalue weighted by Crippen LogP contribution is 2.35. The average molecular weight is 356 g/mol.